The monoisotopic (exact) mass is 439 g/mol. The highest BCUT2D eigenvalue weighted by Crippen LogP contribution is 2.30. The van der Waals surface area contributed by atoms with E-state index in [0.29, 0.717) is 11.1 Å². The number of halogens is 1. The van der Waals surface area contributed by atoms with Crippen LogP contribution >= 0.6 is 11.6 Å². The van der Waals surface area contributed by atoms with Crippen LogP contribution in [0.25, 0.3) is 0 Å². The van der Waals surface area contributed by atoms with Crippen molar-refractivity contribution in [2.45, 2.75) is 18.1 Å². The second kappa shape index (κ2) is 9.99. The minimum absolute atomic E-state index is 0.00575. The Kier molecular flexibility index (Phi) is 7.68. The molecule has 2 rings (SSSR count). The smallest absolute Gasteiger partial charge is 0.236 e. The van der Waals surface area contributed by atoms with Crippen LogP contribution in [0.5, 0.6) is 0 Å². The molecule has 0 saturated carbocycles. The van der Waals surface area contributed by atoms with Crippen LogP contribution in [0.15, 0.2) is 53.7 Å². The third kappa shape index (κ3) is 7.16. The maximum absolute atomic E-state index is 12.4. The molecule has 1 unspecified atom stereocenters. The Morgan fingerprint density at radius 3 is 2.45 bits per heavy atom. The molecule has 0 aliphatic heterocycles. The number of benzene rings is 2. The van der Waals surface area contributed by atoms with E-state index in [2.05, 4.69) is 9.88 Å². The first kappa shape index (κ1) is 22.3. The lowest BCUT2D eigenvalue weighted by molar-refractivity contribution is -0.119. The lowest BCUT2D eigenvalue weighted by atomic mass is 9.95. The zero-order chi connectivity index (χ0) is 21.4. The van der Waals surface area contributed by atoms with Crippen molar-refractivity contribution in [3.8, 4) is 0 Å². The number of rotatable bonds is 10. The largest absolute Gasteiger partial charge is 0.393 e. The predicted molar refractivity (Wildman–Crippen MR) is 112 cm³/mol. The number of amides is 1. The molecule has 1 amide bonds. The first-order valence-electron chi connectivity index (χ1n) is 8.52. The number of guanidine groups is 1. The van der Waals surface area contributed by atoms with Crippen molar-refractivity contribution in [2.75, 3.05) is 11.3 Å². The summed E-state index contributed by atoms with van der Waals surface area (Å²) in [6.45, 7) is 0.00575. The summed E-state index contributed by atoms with van der Waals surface area (Å²) in [4.78, 5) is 16.8. The molecule has 0 heterocycles. The van der Waals surface area contributed by atoms with Crippen LogP contribution in [0.3, 0.4) is 0 Å². The van der Waals surface area contributed by atoms with Crippen LogP contribution in [0.1, 0.15) is 23.5 Å². The number of carbonyl (C=O) groups is 1. The van der Waals surface area contributed by atoms with Crippen molar-refractivity contribution in [3.63, 3.8) is 0 Å². The molecule has 0 aromatic heterocycles. The number of carbonyl (C=O) groups excluding carboxylic acids is 1. The number of primary amides is 1. The third-order valence-corrected chi connectivity index (χ3v) is 5.46. The van der Waals surface area contributed by atoms with E-state index >= 15 is 0 Å². The van der Waals surface area contributed by atoms with E-state index in [4.69, 9.17) is 33.6 Å². The number of hydrogen-bond donors (Lipinski definition) is 4. The van der Waals surface area contributed by atoms with Gasteiger partial charge in [0, 0.05) is 10.7 Å². The van der Waals surface area contributed by atoms with Gasteiger partial charge < -0.3 is 22.0 Å². The number of nitrogens with zero attached hydrogens (tertiary/aromatic N) is 1. The second-order valence-corrected chi connectivity index (χ2v) is 8.31. The Balaban J connectivity index is 2.18. The van der Waals surface area contributed by atoms with Crippen LogP contribution in [0, 0.1) is 0 Å². The molecular formula is C18H22ClN5O4S. The van der Waals surface area contributed by atoms with Crippen molar-refractivity contribution in [1.82, 2.24) is 0 Å². The highest BCUT2D eigenvalue weighted by atomic mass is 35.5. The van der Waals surface area contributed by atoms with Crippen molar-refractivity contribution >= 4 is 39.2 Å². The van der Waals surface area contributed by atoms with Gasteiger partial charge in [-0.1, -0.05) is 41.9 Å². The lowest BCUT2D eigenvalue weighted by Gasteiger charge is -2.17. The summed E-state index contributed by atoms with van der Waals surface area (Å²) >= 11 is 6.21. The third-order valence-electron chi connectivity index (χ3n) is 3.86. The minimum Gasteiger partial charge on any atom is -0.393 e. The normalized spacial score (nSPS) is 12.0. The quantitative estimate of drug-likeness (QED) is 0.189. The molecule has 0 bridgehead atoms. The molecule has 0 fully saturated rings. The first-order valence-corrected chi connectivity index (χ1v) is 10.5. The fourth-order valence-corrected chi connectivity index (χ4v) is 4.06. The van der Waals surface area contributed by atoms with Crippen LogP contribution in [0.2, 0.25) is 5.02 Å². The summed E-state index contributed by atoms with van der Waals surface area (Å²) in [6, 6.07) is 13.2. The van der Waals surface area contributed by atoms with Gasteiger partial charge in [0.25, 0.3) is 0 Å². The van der Waals surface area contributed by atoms with Gasteiger partial charge >= 0.3 is 0 Å². The Morgan fingerprint density at radius 1 is 1.14 bits per heavy atom. The molecule has 29 heavy (non-hydrogen) atoms. The van der Waals surface area contributed by atoms with E-state index in [-0.39, 0.29) is 35.5 Å². The zero-order valence-corrected chi connectivity index (χ0v) is 17.0. The summed E-state index contributed by atoms with van der Waals surface area (Å²) in [7, 11) is -3.67. The molecule has 0 radical (unpaired) electrons. The molecule has 2 aromatic rings. The second-order valence-electron chi connectivity index (χ2n) is 6.18. The fraction of sp³-hybridized carbons (Fsp3) is 0.222. The number of nitrogens with two attached hydrogens (primary N) is 3. The predicted octanol–water partition coefficient (Wildman–Crippen LogP) is 1.45. The molecule has 0 aliphatic carbocycles. The molecule has 0 saturated heterocycles. The lowest BCUT2D eigenvalue weighted by Crippen LogP contribution is -2.24. The van der Waals surface area contributed by atoms with Crippen LogP contribution in [-0.4, -0.2) is 26.9 Å². The molecule has 156 valence electrons. The van der Waals surface area contributed by atoms with Gasteiger partial charge in [0.05, 0.1) is 11.7 Å². The van der Waals surface area contributed by atoms with Crippen molar-refractivity contribution in [1.29, 1.82) is 0 Å². The highest BCUT2D eigenvalue weighted by Gasteiger charge is 2.22. The van der Waals surface area contributed by atoms with Gasteiger partial charge in [-0.15, -0.1) is 0 Å². The first-order chi connectivity index (χ1) is 13.7. The number of oxime groups is 1. The average Bonchev–Trinajstić information content (AvgIpc) is 2.63. The van der Waals surface area contributed by atoms with Crippen LogP contribution < -0.4 is 21.9 Å². The van der Waals surface area contributed by atoms with Crippen molar-refractivity contribution in [3.05, 3.63) is 64.7 Å². The van der Waals surface area contributed by atoms with Gasteiger partial charge in [-0.25, -0.2) is 8.42 Å². The molecule has 1 atom stereocenters. The minimum atomic E-state index is -3.67. The van der Waals surface area contributed by atoms with Gasteiger partial charge in [-0.05, 0) is 40.9 Å². The van der Waals surface area contributed by atoms with Gasteiger partial charge in [0.15, 0.2) is 0 Å². The number of hydrogen-bond acceptors (Lipinski definition) is 5. The van der Waals surface area contributed by atoms with E-state index in [1.54, 1.807) is 30.3 Å². The Hall–Kier alpha value is -2.98. The van der Waals surface area contributed by atoms with Gasteiger partial charge in [0.2, 0.25) is 21.9 Å². The van der Waals surface area contributed by atoms with E-state index in [0.717, 1.165) is 0 Å². The van der Waals surface area contributed by atoms with Gasteiger partial charge in [0.1, 0.15) is 6.61 Å². The summed E-state index contributed by atoms with van der Waals surface area (Å²) in [5.41, 5.74) is 17.1. The van der Waals surface area contributed by atoms with E-state index in [9.17, 15) is 13.2 Å². The molecule has 0 spiro atoms. The van der Waals surface area contributed by atoms with Crippen molar-refractivity contribution in [2.24, 2.45) is 22.4 Å². The molecule has 9 nitrogen and oxygen atoms in total. The van der Waals surface area contributed by atoms with E-state index in [1.807, 2.05) is 0 Å². The van der Waals surface area contributed by atoms with E-state index in [1.165, 1.54) is 18.2 Å². The summed E-state index contributed by atoms with van der Waals surface area (Å²) < 4.78 is 27.4. The summed E-state index contributed by atoms with van der Waals surface area (Å²) in [5.74, 6) is -1.93. The van der Waals surface area contributed by atoms with Crippen molar-refractivity contribution < 1.29 is 18.0 Å². The topological polar surface area (TPSA) is 163 Å². The highest BCUT2D eigenvalue weighted by molar-refractivity contribution is 7.91. The molecular weight excluding hydrogens is 418 g/mol. The zero-order valence-electron chi connectivity index (χ0n) is 15.4. The van der Waals surface area contributed by atoms with Gasteiger partial charge in [-0.2, -0.15) is 0 Å². The van der Waals surface area contributed by atoms with E-state index < -0.39 is 21.8 Å². The summed E-state index contributed by atoms with van der Waals surface area (Å²) in [5, 5.41) is 3.64. The summed E-state index contributed by atoms with van der Waals surface area (Å²) in [6.07, 6.45) is 0.145. The maximum atomic E-state index is 12.4. The molecule has 0 aliphatic rings. The molecule has 7 N–H and O–H groups in total. The number of nitrogens with one attached hydrogen (secondary N) is 1. The molecule has 2 aromatic carbocycles. The average molecular weight is 440 g/mol. The molecule has 11 heteroatoms. The van der Waals surface area contributed by atoms with Crippen LogP contribution in [-0.2, 0) is 25.4 Å². The number of anilines is 1. The fourth-order valence-electron chi connectivity index (χ4n) is 2.63. The van der Waals surface area contributed by atoms with Gasteiger partial charge in [-0.3, -0.25) is 9.52 Å². The Bertz CT molecular complexity index is 979. The maximum Gasteiger partial charge on any atom is 0.236 e. The Labute approximate surface area is 173 Å². The number of sulfonamides is 1. The SMILES string of the molecule is NC(=O)C(CCON=C(N)N)c1cc(NS(=O)(=O)Cc2ccccc2)ccc1Cl. The standard InChI is InChI=1S/C18H22ClN5O4S/c19-16-7-6-13(24-29(26,27)11-12-4-2-1-3-5-12)10-15(16)14(17(20)25)8-9-28-23-18(21)22/h1-7,10,14,24H,8-9,11H2,(H2,20,25)(H4,21,22,23). The van der Waals surface area contributed by atoms with Crippen LogP contribution in [0.4, 0.5) is 5.69 Å². The Morgan fingerprint density at radius 2 is 1.83 bits per heavy atom.